The minimum atomic E-state index is 0.351. The average Bonchev–Trinajstić information content (AvgIpc) is 3.80. The van der Waals surface area contributed by atoms with Gasteiger partial charge in [-0.25, -0.2) is 0 Å². The number of halogens is 1. The second-order valence-corrected chi connectivity index (χ2v) is 12.4. The molecule has 4 aromatic heterocycles. The van der Waals surface area contributed by atoms with E-state index in [4.69, 9.17) is 14.2 Å². The lowest BCUT2D eigenvalue weighted by Crippen LogP contribution is -2.00. The third kappa shape index (κ3) is 5.99. The number of allylic oxidation sites excluding steroid dienone is 4. The normalized spacial score (nSPS) is 12.1. The maximum Gasteiger partial charge on any atom is 0.203 e. The highest BCUT2D eigenvalue weighted by molar-refractivity contribution is 9.10. The Morgan fingerprint density at radius 3 is 1.65 bits per heavy atom. The number of rotatable bonds is 9. The summed E-state index contributed by atoms with van der Waals surface area (Å²) in [6, 6.07) is 28.1. The van der Waals surface area contributed by atoms with Crippen LogP contribution in [0.1, 0.15) is 22.3 Å². The molecular weight excluding hydrogens is 704 g/mol. The lowest BCUT2D eigenvalue weighted by Gasteiger charge is -2.18. The van der Waals surface area contributed by atoms with Crippen molar-refractivity contribution in [1.82, 2.24) is 19.9 Å². The fourth-order valence-electron chi connectivity index (χ4n) is 6.40. The van der Waals surface area contributed by atoms with E-state index in [9.17, 15) is 10.5 Å². The zero-order valence-corrected chi connectivity index (χ0v) is 29.4. The third-order valence-corrected chi connectivity index (χ3v) is 9.23. The fourth-order valence-corrected chi connectivity index (χ4v) is 6.77. The number of methoxy groups -OCH3 is 3. The molecule has 0 saturated heterocycles. The van der Waals surface area contributed by atoms with Gasteiger partial charge in [-0.05, 0) is 65.7 Å². The Morgan fingerprint density at radius 1 is 0.647 bits per heavy atom. The van der Waals surface area contributed by atoms with Crippen LogP contribution in [0, 0.1) is 22.7 Å². The van der Waals surface area contributed by atoms with Crippen molar-refractivity contribution in [2.45, 2.75) is 0 Å². The summed E-state index contributed by atoms with van der Waals surface area (Å²) >= 11 is 3.59. The van der Waals surface area contributed by atoms with Crippen molar-refractivity contribution in [2.75, 3.05) is 21.3 Å². The number of ether oxygens (including phenoxy) is 3. The van der Waals surface area contributed by atoms with Crippen LogP contribution in [0.4, 0.5) is 0 Å². The first-order valence-corrected chi connectivity index (χ1v) is 16.6. The van der Waals surface area contributed by atoms with Crippen LogP contribution in [0.25, 0.3) is 55.2 Å². The molecule has 2 N–H and O–H groups in total. The summed E-state index contributed by atoms with van der Waals surface area (Å²) in [6.45, 7) is 0. The molecule has 0 unspecified atom stereocenters. The summed E-state index contributed by atoms with van der Waals surface area (Å²) in [5, 5.41) is 23.8. The van der Waals surface area contributed by atoms with Crippen molar-refractivity contribution < 1.29 is 14.2 Å². The summed E-state index contributed by atoms with van der Waals surface area (Å²) in [6.07, 6.45) is 10.4. The number of nitriles is 2. The molecule has 0 atom stereocenters. The molecule has 51 heavy (non-hydrogen) atoms. The Morgan fingerprint density at radius 2 is 1.18 bits per heavy atom. The maximum absolute atomic E-state index is 11.1. The van der Waals surface area contributed by atoms with E-state index in [1.807, 2.05) is 85.2 Å². The van der Waals surface area contributed by atoms with E-state index < -0.39 is 0 Å². The first-order valence-electron chi connectivity index (χ1n) is 15.8. The molecule has 9 nitrogen and oxygen atoms in total. The number of nitrogens with one attached hydrogen (secondary N) is 2. The molecule has 0 bridgehead atoms. The van der Waals surface area contributed by atoms with Crippen LogP contribution in [0.3, 0.4) is 0 Å². The van der Waals surface area contributed by atoms with E-state index in [-0.39, 0.29) is 0 Å². The van der Waals surface area contributed by atoms with Crippen molar-refractivity contribution in [3.05, 3.63) is 137 Å². The van der Waals surface area contributed by atoms with E-state index >= 15 is 0 Å². The minimum Gasteiger partial charge on any atom is -0.493 e. The Hall–Kier alpha value is -6.62. The summed E-state index contributed by atoms with van der Waals surface area (Å²) in [5.41, 5.74) is 7.89. The minimum absolute atomic E-state index is 0.351. The van der Waals surface area contributed by atoms with Crippen molar-refractivity contribution in [2.24, 2.45) is 0 Å². The van der Waals surface area contributed by atoms with Crippen LogP contribution >= 0.6 is 15.9 Å². The monoisotopic (exact) mass is 732 g/mol. The van der Waals surface area contributed by atoms with Gasteiger partial charge in [0.05, 0.1) is 32.5 Å². The van der Waals surface area contributed by atoms with Crippen LogP contribution in [0.5, 0.6) is 17.2 Å². The zero-order valence-electron chi connectivity index (χ0n) is 27.8. The van der Waals surface area contributed by atoms with E-state index in [2.05, 4.69) is 48.0 Å². The van der Waals surface area contributed by atoms with Gasteiger partial charge in [-0.3, -0.25) is 9.97 Å². The molecule has 0 radical (unpaired) electrons. The number of hydrogen-bond donors (Lipinski definition) is 2. The van der Waals surface area contributed by atoms with Crippen molar-refractivity contribution in [3.8, 4) is 40.5 Å². The van der Waals surface area contributed by atoms with E-state index in [0.717, 1.165) is 37.4 Å². The molecule has 0 saturated carbocycles. The molecule has 248 valence electrons. The Bertz CT molecular complexity index is 2550. The van der Waals surface area contributed by atoms with E-state index in [1.165, 1.54) is 0 Å². The van der Waals surface area contributed by atoms with Gasteiger partial charge in [0, 0.05) is 96.9 Å². The molecule has 0 aliphatic carbocycles. The maximum atomic E-state index is 11.1. The quantitative estimate of drug-likeness (QED) is 0.112. The molecule has 0 spiro atoms. The summed E-state index contributed by atoms with van der Waals surface area (Å²) in [7, 11) is 4.73. The molecule has 0 amide bonds. The highest BCUT2D eigenvalue weighted by Gasteiger charge is 2.26. The molecular formula is C41H29BrN6O3. The van der Waals surface area contributed by atoms with E-state index in [1.54, 1.807) is 46.1 Å². The second-order valence-electron chi connectivity index (χ2n) is 11.5. The first-order chi connectivity index (χ1) is 25.0. The van der Waals surface area contributed by atoms with Gasteiger partial charge in [-0.1, -0.05) is 34.1 Å². The van der Waals surface area contributed by atoms with Crippen LogP contribution in [0.2, 0.25) is 0 Å². The van der Waals surface area contributed by atoms with Gasteiger partial charge < -0.3 is 24.2 Å². The van der Waals surface area contributed by atoms with Crippen LogP contribution in [-0.2, 0) is 0 Å². The summed E-state index contributed by atoms with van der Waals surface area (Å²) in [4.78, 5) is 15.5. The van der Waals surface area contributed by atoms with Gasteiger partial charge in [0.2, 0.25) is 5.75 Å². The Balaban J connectivity index is 1.56. The topological polar surface area (TPSA) is 133 Å². The zero-order chi connectivity index (χ0) is 35.5. The standard InChI is InChI=1S/C41H29BrN6O3/c1-49-37-15-27(16-38(50-2)41(37)51-3)24-8-10-35-29(14-24)33(22-47-35)31(18-43)39(25-6-4-12-45-20-25)40(26-7-5-13-46-21-26)32(19-44)34-23-48-36-11-9-28(42)17-30(34)36/h4-17,20-23,47-48H,1-3H3/b39-31-,40-32-. The fraction of sp³-hybridized carbons (Fsp3) is 0.0732. The van der Waals surface area contributed by atoms with Crippen molar-refractivity contribution in [1.29, 1.82) is 10.5 Å². The van der Waals surface area contributed by atoms with Gasteiger partial charge in [0.25, 0.3) is 0 Å². The first kappa shape index (κ1) is 32.9. The Kier molecular flexibility index (Phi) is 9.09. The molecule has 7 aromatic rings. The third-order valence-electron chi connectivity index (χ3n) is 8.74. The SMILES string of the molecule is COc1cc(-c2ccc3[nH]cc(/C(C#N)=C(\C(=C(\C#N)c4c[nH]c5ccc(Br)cc45)c4cccnc4)c4cccnc4)c3c2)cc(OC)c1OC. The molecule has 0 aliphatic heterocycles. The predicted molar refractivity (Wildman–Crippen MR) is 203 cm³/mol. The molecule has 3 aromatic carbocycles. The van der Waals surface area contributed by atoms with Gasteiger partial charge in [0.15, 0.2) is 11.5 Å². The highest BCUT2D eigenvalue weighted by atomic mass is 79.9. The smallest absolute Gasteiger partial charge is 0.203 e. The highest BCUT2D eigenvalue weighted by Crippen LogP contribution is 2.45. The van der Waals surface area contributed by atoms with Gasteiger partial charge >= 0.3 is 0 Å². The number of pyridine rings is 2. The molecule has 10 heteroatoms. The number of aromatic nitrogens is 4. The number of nitrogens with zero attached hydrogens (tertiary/aromatic N) is 4. The Labute approximate surface area is 302 Å². The number of fused-ring (bicyclic) bond motifs is 2. The van der Waals surface area contributed by atoms with Crippen LogP contribution in [-0.4, -0.2) is 41.3 Å². The number of benzene rings is 3. The summed E-state index contributed by atoms with van der Waals surface area (Å²) < 4.78 is 17.7. The van der Waals surface area contributed by atoms with Crippen molar-refractivity contribution >= 4 is 60.0 Å². The van der Waals surface area contributed by atoms with Crippen LogP contribution < -0.4 is 14.2 Å². The second kappa shape index (κ2) is 14.1. The summed E-state index contributed by atoms with van der Waals surface area (Å²) in [5.74, 6) is 1.54. The number of hydrogen-bond acceptors (Lipinski definition) is 7. The molecule has 4 heterocycles. The number of H-pyrrole nitrogens is 2. The number of aromatic amines is 2. The van der Waals surface area contributed by atoms with E-state index in [0.29, 0.717) is 61.8 Å². The lowest BCUT2D eigenvalue weighted by atomic mass is 9.83. The molecule has 0 fully saturated rings. The lowest BCUT2D eigenvalue weighted by molar-refractivity contribution is 0.324. The predicted octanol–water partition coefficient (Wildman–Crippen LogP) is 9.46. The average molecular weight is 734 g/mol. The van der Waals surface area contributed by atoms with Gasteiger partial charge in [-0.2, -0.15) is 10.5 Å². The molecule has 0 aliphatic rings. The van der Waals surface area contributed by atoms with Gasteiger partial charge in [-0.15, -0.1) is 0 Å². The largest absolute Gasteiger partial charge is 0.493 e. The molecule has 7 rings (SSSR count). The van der Waals surface area contributed by atoms with Crippen molar-refractivity contribution in [3.63, 3.8) is 0 Å². The van der Waals surface area contributed by atoms with Gasteiger partial charge in [0.1, 0.15) is 12.1 Å². The van der Waals surface area contributed by atoms with Crippen LogP contribution in [0.15, 0.2) is 114 Å².